The molecule has 6 nitrogen and oxygen atoms in total. The van der Waals surface area contributed by atoms with Crippen molar-refractivity contribution in [1.29, 1.82) is 0 Å². The van der Waals surface area contributed by atoms with Gasteiger partial charge in [-0.2, -0.15) is 0 Å². The lowest BCUT2D eigenvalue weighted by Gasteiger charge is -2.13. The summed E-state index contributed by atoms with van der Waals surface area (Å²) in [5.74, 6) is -0.398. The molecule has 0 radical (unpaired) electrons. The summed E-state index contributed by atoms with van der Waals surface area (Å²) in [6, 6.07) is 3.53. The van der Waals surface area contributed by atoms with Crippen molar-refractivity contribution in [2.24, 2.45) is 0 Å². The molecule has 1 heterocycles. The van der Waals surface area contributed by atoms with Gasteiger partial charge in [0.2, 0.25) is 0 Å². The summed E-state index contributed by atoms with van der Waals surface area (Å²) in [5, 5.41) is 1.27. The number of hydrogen-bond acceptors (Lipinski definition) is 6. The molecule has 2 aromatic rings. The second-order valence-electron chi connectivity index (χ2n) is 6.73. The van der Waals surface area contributed by atoms with E-state index in [2.05, 4.69) is 19.6 Å². The first-order chi connectivity index (χ1) is 12.2. The Kier molecular flexibility index (Phi) is 5.92. The van der Waals surface area contributed by atoms with Crippen LogP contribution in [0, 0.1) is 0 Å². The van der Waals surface area contributed by atoms with Crippen molar-refractivity contribution in [2.75, 3.05) is 20.8 Å². The molecule has 0 aliphatic heterocycles. The Bertz CT molecular complexity index is 857. The third-order valence-electron chi connectivity index (χ3n) is 3.77. The Morgan fingerprint density at radius 3 is 2.42 bits per heavy atom. The van der Waals surface area contributed by atoms with Crippen molar-refractivity contribution < 1.29 is 28.2 Å². The second kappa shape index (κ2) is 7.78. The first kappa shape index (κ1) is 19.8. The summed E-state index contributed by atoms with van der Waals surface area (Å²) < 4.78 is 21.3. The molecule has 0 atom stereocenters. The predicted octanol–water partition coefficient (Wildman–Crippen LogP) is 3.35. The predicted molar refractivity (Wildman–Crippen MR) is 103 cm³/mol. The fraction of sp³-hybridized carbons (Fsp3) is 0.368. The molecule has 0 N–H and O–H groups in total. The zero-order chi connectivity index (χ0) is 19.5. The molecule has 0 amide bonds. The van der Waals surface area contributed by atoms with E-state index in [1.165, 1.54) is 20.3 Å². The molecule has 0 unspecified atom stereocenters. The third kappa shape index (κ3) is 3.99. The first-order valence-electron chi connectivity index (χ1n) is 8.31. The topological polar surface area (TPSA) is 75.0 Å². The largest absolute Gasteiger partial charge is 0.493 e. The Hall–Kier alpha value is -2.54. The van der Waals surface area contributed by atoms with Gasteiger partial charge >= 0.3 is 11.9 Å². The number of rotatable bonds is 6. The fourth-order valence-corrected chi connectivity index (χ4v) is 4.02. The second-order valence-corrected chi connectivity index (χ2v) is 11.7. The van der Waals surface area contributed by atoms with Crippen LogP contribution in [-0.4, -0.2) is 40.8 Å². The maximum atomic E-state index is 12.4. The van der Waals surface area contributed by atoms with Crippen LogP contribution in [0.4, 0.5) is 0 Å². The molecule has 0 spiro atoms. The lowest BCUT2D eigenvalue weighted by molar-refractivity contribution is -0.137. The maximum absolute atomic E-state index is 12.4. The highest BCUT2D eigenvalue weighted by molar-refractivity contribution is 6.88. The Morgan fingerprint density at radius 2 is 1.88 bits per heavy atom. The van der Waals surface area contributed by atoms with Gasteiger partial charge in [0, 0.05) is 11.5 Å². The summed E-state index contributed by atoms with van der Waals surface area (Å²) in [7, 11) is 0.919. The van der Waals surface area contributed by atoms with E-state index in [4.69, 9.17) is 18.6 Å². The number of esters is 2. The number of fused-ring (bicyclic) bond motifs is 1. The Balaban J connectivity index is 2.70. The Morgan fingerprint density at radius 1 is 1.19 bits per heavy atom. The molecule has 0 aliphatic carbocycles. The van der Waals surface area contributed by atoms with E-state index in [-0.39, 0.29) is 0 Å². The van der Waals surface area contributed by atoms with Crippen molar-refractivity contribution in [3.8, 4) is 5.75 Å². The van der Waals surface area contributed by atoms with E-state index >= 15 is 0 Å². The summed E-state index contributed by atoms with van der Waals surface area (Å²) in [6.45, 7) is 8.31. The molecule has 7 heteroatoms. The SMILES string of the molecule is CCOC(=O)/C=C/c1cc(OC)c2oc([Si](C)(C)C)c(C(=O)OC)c2c1. The van der Waals surface area contributed by atoms with Crippen molar-refractivity contribution in [3.63, 3.8) is 0 Å². The van der Waals surface area contributed by atoms with Gasteiger partial charge in [-0.25, -0.2) is 9.59 Å². The zero-order valence-electron chi connectivity index (χ0n) is 16.0. The molecule has 0 saturated heterocycles. The third-order valence-corrected chi connectivity index (χ3v) is 5.48. The van der Waals surface area contributed by atoms with E-state index < -0.39 is 20.0 Å². The summed E-state index contributed by atoms with van der Waals surface area (Å²) in [5.41, 5.74) is 1.61. The van der Waals surface area contributed by atoms with Crippen molar-refractivity contribution in [3.05, 3.63) is 29.3 Å². The van der Waals surface area contributed by atoms with Crippen LogP contribution in [0.2, 0.25) is 19.6 Å². The molecule has 0 saturated carbocycles. The minimum atomic E-state index is -1.96. The number of ether oxygens (including phenoxy) is 3. The normalized spacial score (nSPS) is 11.8. The van der Waals surface area contributed by atoms with Crippen LogP contribution in [0.15, 0.2) is 22.6 Å². The monoisotopic (exact) mass is 376 g/mol. The van der Waals surface area contributed by atoms with Crippen LogP contribution in [0.25, 0.3) is 17.0 Å². The van der Waals surface area contributed by atoms with Crippen molar-refractivity contribution >= 4 is 42.4 Å². The molecule has 1 aromatic heterocycles. The highest BCUT2D eigenvalue weighted by atomic mass is 28.3. The highest BCUT2D eigenvalue weighted by Gasteiger charge is 2.32. The average molecular weight is 376 g/mol. The standard InChI is InChI=1S/C19H24O6Si/c1-7-24-15(20)9-8-12-10-13-16(18(21)23-3)19(26(4,5)6)25-17(13)14(11-12)22-2/h8-11H,7H2,1-6H3/b9-8+. The van der Waals surface area contributed by atoms with Crippen LogP contribution in [0.1, 0.15) is 22.8 Å². The fourth-order valence-electron chi connectivity index (χ4n) is 2.63. The Labute approximate surface area is 153 Å². The van der Waals surface area contributed by atoms with Crippen LogP contribution in [0.3, 0.4) is 0 Å². The number of benzene rings is 1. The van der Waals surface area contributed by atoms with Crippen LogP contribution in [0.5, 0.6) is 5.75 Å². The summed E-state index contributed by atoms with van der Waals surface area (Å²) >= 11 is 0. The van der Waals surface area contributed by atoms with Crippen LogP contribution < -0.4 is 10.1 Å². The number of furan rings is 1. The van der Waals surface area contributed by atoms with Crippen molar-refractivity contribution in [1.82, 2.24) is 0 Å². The van der Waals surface area contributed by atoms with Gasteiger partial charge in [-0.1, -0.05) is 19.6 Å². The van der Waals surface area contributed by atoms with Gasteiger partial charge in [-0.15, -0.1) is 0 Å². The van der Waals surface area contributed by atoms with Gasteiger partial charge in [0.1, 0.15) is 13.6 Å². The van der Waals surface area contributed by atoms with Gasteiger partial charge in [0.15, 0.2) is 11.3 Å². The van der Waals surface area contributed by atoms with Crippen LogP contribution >= 0.6 is 0 Å². The van der Waals surface area contributed by atoms with E-state index in [9.17, 15) is 9.59 Å². The highest BCUT2D eigenvalue weighted by Crippen LogP contribution is 2.33. The van der Waals surface area contributed by atoms with E-state index in [1.807, 2.05) is 0 Å². The van der Waals surface area contributed by atoms with Crippen LogP contribution in [-0.2, 0) is 14.3 Å². The molecule has 140 valence electrons. The van der Waals surface area contributed by atoms with Gasteiger partial charge < -0.3 is 18.6 Å². The zero-order valence-corrected chi connectivity index (χ0v) is 17.0. The van der Waals surface area contributed by atoms with Gasteiger partial charge in [0.05, 0.1) is 26.2 Å². The van der Waals surface area contributed by atoms with E-state index in [1.54, 1.807) is 25.1 Å². The molecule has 2 rings (SSSR count). The first-order valence-corrected chi connectivity index (χ1v) is 11.8. The lowest BCUT2D eigenvalue weighted by atomic mass is 10.1. The molecule has 26 heavy (non-hydrogen) atoms. The van der Waals surface area contributed by atoms with Crippen molar-refractivity contribution in [2.45, 2.75) is 26.6 Å². The molecule has 1 aromatic carbocycles. The lowest BCUT2D eigenvalue weighted by Crippen LogP contribution is -2.40. The molecular weight excluding hydrogens is 352 g/mol. The molecule has 0 bridgehead atoms. The summed E-state index contributed by atoms with van der Waals surface area (Å²) in [4.78, 5) is 24.0. The number of hydrogen-bond donors (Lipinski definition) is 0. The number of carbonyl (C=O) groups is 2. The average Bonchev–Trinajstić information content (AvgIpc) is 2.98. The van der Waals surface area contributed by atoms with Gasteiger partial charge in [-0.05, 0) is 30.7 Å². The molecular formula is C19H24O6Si. The van der Waals surface area contributed by atoms with Gasteiger partial charge in [-0.3, -0.25) is 0 Å². The van der Waals surface area contributed by atoms with E-state index in [0.29, 0.717) is 39.8 Å². The van der Waals surface area contributed by atoms with E-state index in [0.717, 1.165) is 0 Å². The number of methoxy groups -OCH3 is 2. The summed E-state index contributed by atoms with van der Waals surface area (Å²) in [6.07, 6.45) is 2.95. The molecule has 0 fully saturated rings. The minimum Gasteiger partial charge on any atom is -0.493 e. The van der Waals surface area contributed by atoms with Gasteiger partial charge in [0.25, 0.3) is 0 Å². The number of carbonyl (C=O) groups excluding carboxylic acids is 2. The smallest absolute Gasteiger partial charge is 0.341 e. The maximum Gasteiger partial charge on any atom is 0.341 e. The minimum absolute atomic E-state index is 0.305. The quantitative estimate of drug-likeness (QED) is 0.437. The molecule has 0 aliphatic rings.